The van der Waals surface area contributed by atoms with Crippen LogP contribution in [0.4, 0.5) is 0 Å². The van der Waals surface area contributed by atoms with Crippen LogP contribution < -0.4 is 0 Å². The quantitative estimate of drug-likeness (QED) is 0.188. The summed E-state index contributed by atoms with van der Waals surface area (Å²) in [6.45, 7) is 20.5. The highest BCUT2D eigenvalue weighted by Crippen LogP contribution is 2.22. The molecule has 0 heterocycles. The molecule has 268 valence electrons. The van der Waals surface area contributed by atoms with Crippen molar-refractivity contribution in [3.63, 3.8) is 0 Å². The minimum absolute atomic E-state index is 0. The summed E-state index contributed by atoms with van der Waals surface area (Å²) >= 11 is 5.72. The van der Waals surface area contributed by atoms with E-state index in [0.717, 1.165) is 16.7 Å². The Morgan fingerprint density at radius 1 is 0.531 bits per heavy atom. The lowest BCUT2D eigenvalue weighted by Gasteiger charge is -2.06. The van der Waals surface area contributed by atoms with Gasteiger partial charge >= 0.3 is 11.9 Å². The molecule has 0 fully saturated rings. The van der Waals surface area contributed by atoms with E-state index >= 15 is 0 Å². The first kappa shape index (κ1) is 46.9. The third-order valence-corrected chi connectivity index (χ3v) is 7.75. The van der Waals surface area contributed by atoms with Crippen molar-refractivity contribution < 1.29 is 24.6 Å². The summed E-state index contributed by atoms with van der Waals surface area (Å²) in [4.78, 5) is 32.2. The zero-order valence-corrected chi connectivity index (χ0v) is 30.2. The van der Waals surface area contributed by atoms with Crippen LogP contribution in [-0.4, -0.2) is 27.9 Å². The smallest absolute Gasteiger partial charge is 0.337 e. The molecule has 4 rings (SSSR count). The Bertz CT molecular complexity index is 1570. The maximum Gasteiger partial charge on any atom is 0.337 e. The summed E-state index contributed by atoms with van der Waals surface area (Å²) in [7, 11) is 0. The van der Waals surface area contributed by atoms with Gasteiger partial charge in [-0.05, 0) is 84.0 Å². The Labute approximate surface area is 301 Å². The van der Waals surface area contributed by atoms with Gasteiger partial charge in [-0.25, -0.2) is 9.59 Å². The molecule has 0 bridgehead atoms. The molecule has 2 N–H and O–H groups in total. The lowest BCUT2D eigenvalue weighted by atomic mass is 10.0. The molecule has 4 aromatic carbocycles. The molecule has 0 atom stereocenters. The van der Waals surface area contributed by atoms with Gasteiger partial charge in [-0.15, -0.1) is 0 Å². The Kier molecular flexibility index (Phi) is 22.2. The Morgan fingerprint density at radius 2 is 0.939 bits per heavy atom. The molecule has 6 heteroatoms. The lowest BCUT2D eigenvalue weighted by molar-refractivity contribution is 0.0686. The number of Topliss-reactive ketones (excluding diaryl/α,β-unsaturated/α-hetero) is 1. The highest BCUT2D eigenvalue weighted by atomic mass is 35.5. The van der Waals surface area contributed by atoms with Crippen molar-refractivity contribution in [2.45, 2.75) is 108 Å². The predicted octanol–water partition coefficient (Wildman–Crippen LogP) is 13.1. The molecule has 0 aliphatic rings. The molecule has 0 amide bonds. The molecule has 0 unspecified atom stereocenters. The molecule has 0 radical (unpaired) electrons. The van der Waals surface area contributed by atoms with Gasteiger partial charge in [0.25, 0.3) is 0 Å². The van der Waals surface area contributed by atoms with Crippen LogP contribution in [0.2, 0.25) is 5.02 Å². The average molecular weight is 691 g/mol. The lowest BCUT2D eigenvalue weighted by Crippen LogP contribution is -1.99. The summed E-state index contributed by atoms with van der Waals surface area (Å²) in [6, 6.07) is 28.6. The van der Waals surface area contributed by atoms with Crippen molar-refractivity contribution in [3.8, 4) is 0 Å². The predicted molar refractivity (Wildman–Crippen MR) is 209 cm³/mol. The number of aromatic carboxylic acids is 2. The van der Waals surface area contributed by atoms with E-state index in [2.05, 4.69) is 58.9 Å². The van der Waals surface area contributed by atoms with Gasteiger partial charge in [0.1, 0.15) is 0 Å². The van der Waals surface area contributed by atoms with Gasteiger partial charge in [-0.1, -0.05) is 154 Å². The first-order valence-corrected chi connectivity index (χ1v) is 16.4. The number of ketones is 1. The normalized spacial score (nSPS) is 9.94. The SMILES string of the molecule is C.C.CC(=O)c1ccc(C(C)C)cc1.CC(C)c1ccc(Cl)c(C(=O)O)c1.CC(C)c1cccc(C(=O)O)c1.Cc1ccc(C(C)C)cc1. The Morgan fingerprint density at radius 3 is 1.33 bits per heavy atom. The molecular formula is C43H59ClO5. The molecule has 0 saturated heterocycles. The fourth-order valence-electron chi connectivity index (χ4n) is 4.15. The average Bonchev–Trinajstić information content (AvgIpc) is 3.02. The minimum atomic E-state index is -0.979. The zero-order valence-electron chi connectivity index (χ0n) is 29.5. The molecule has 4 aromatic rings. The number of halogens is 1. The summed E-state index contributed by atoms with van der Waals surface area (Å²) < 4.78 is 0. The van der Waals surface area contributed by atoms with Gasteiger partial charge in [0.2, 0.25) is 0 Å². The van der Waals surface area contributed by atoms with Crippen molar-refractivity contribution in [1.82, 2.24) is 0 Å². The van der Waals surface area contributed by atoms with E-state index in [1.54, 1.807) is 37.3 Å². The number of hydrogen-bond acceptors (Lipinski definition) is 3. The molecule has 0 aliphatic carbocycles. The monoisotopic (exact) mass is 690 g/mol. The topological polar surface area (TPSA) is 91.7 Å². The third kappa shape index (κ3) is 17.1. The summed E-state index contributed by atoms with van der Waals surface area (Å²) in [6.07, 6.45) is 0. The van der Waals surface area contributed by atoms with Crippen LogP contribution in [-0.2, 0) is 0 Å². The van der Waals surface area contributed by atoms with Crippen molar-refractivity contribution in [2.75, 3.05) is 0 Å². The molecule has 0 aromatic heterocycles. The Hall–Kier alpha value is -4.22. The van der Waals surface area contributed by atoms with Gasteiger partial charge in [0.05, 0.1) is 16.1 Å². The van der Waals surface area contributed by atoms with Crippen LogP contribution in [0.5, 0.6) is 0 Å². The van der Waals surface area contributed by atoms with Crippen LogP contribution >= 0.6 is 11.6 Å². The summed E-state index contributed by atoms with van der Waals surface area (Å²) in [5, 5.41) is 17.8. The van der Waals surface area contributed by atoms with E-state index < -0.39 is 11.9 Å². The fraction of sp³-hybridized carbons (Fsp3) is 0.372. The van der Waals surface area contributed by atoms with Gasteiger partial charge in [-0.3, -0.25) is 4.79 Å². The van der Waals surface area contributed by atoms with Gasteiger partial charge in [0, 0.05) is 5.56 Å². The van der Waals surface area contributed by atoms with Crippen molar-refractivity contribution in [3.05, 3.63) is 141 Å². The van der Waals surface area contributed by atoms with Crippen LogP contribution in [0.1, 0.15) is 160 Å². The van der Waals surface area contributed by atoms with E-state index in [0.29, 0.717) is 29.2 Å². The minimum Gasteiger partial charge on any atom is -0.478 e. The van der Waals surface area contributed by atoms with E-state index in [1.165, 1.54) is 16.7 Å². The van der Waals surface area contributed by atoms with E-state index in [1.807, 2.05) is 64.1 Å². The van der Waals surface area contributed by atoms with Crippen molar-refractivity contribution >= 4 is 29.3 Å². The van der Waals surface area contributed by atoms with Crippen LogP contribution in [0.3, 0.4) is 0 Å². The number of hydrogen-bond donors (Lipinski definition) is 2. The molecule has 49 heavy (non-hydrogen) atoms. The van der Waals surface area contributed by atoms with Crippen molar-refractivity contribution in [1.29, 1.82) is 0 Å². The second-order valence-corrected chi connectivity index (χ2v) is 13.1. The largest absolute Gasteiger partial charge is 0.478 e. The number of carbonyl (C=O) groups excluding carboxylic acids is 1. The number of aryl methyl sites for hydroxylation is 1. The van der Waals surface area contributed by atoms with Crippen LogP contribution in [0.25, 0.3) is 0 Å². The van der Waals surface area contributed by atoms with Gasteiger partial charge < -0.3 is 10.2 Å². The highest BCUT2D eigenvalue weighted by Gasteiger charge is 2.10. The van der Waals surface area contributed by atoms with Crippen LogP contribution in [0, 0.1) is 6.92 Å². The molecule has 5 nitrogen and oxygen atoms in total. The summed E-state index contributed by atoms with van der Waals surface area (Å²) in [5.74, 6) is 0.168. The van der Waals surface area contributed by atoms with Gasteiger partial charge in [-0.2, -0.15) is 0 Å². The second kappa shape index (κ2) is 23.2. The molecule has 0 spiro atoms. The molecule has 0 saturated carbocycles. The summed E-state index contributed by atoms with van der Waals surface area (Å²) in [5.41, 5.74) is 7.42. The van der Waals surface area contributed by atoms with Gasteiger partial charge in [0.15, 0.2) is 5.78 Å². The molecule has 0 aliphatic heterocycles. The zero-order chi connectivity index (χ0) is 35.8. The number of carboxylic acids is 2. The maximum absolute atomic E-state index is 10.9. The van der Waals surface area contributed by atoms with E-state index in [9.17, 15) is 14.4 Å². The van der Waals surface area contributed by atoms with E-state index in [4.69, 9.17) is 21.8 Å². The molecular weight excluding hydrogens is 632 g/mol. The first-order chi connectivity index (χ1) is 21.9. The highest BCUT2D eigenvalue weighted by molar-refractivity contribution is 6.33. The third-order valence-electron chi connectivity index (χ3n) is 7.42. The number of carboxylic acid groups (broad SMARTS) is 2. The maximum atomic E-state index is 10.9. The second-order valence-electron chi connectivity index (χ2n) is 12.7. The number of rotatable bonds is 7. The first-order valence-electron chi connectivity index (χ1n) is 16.0. The van der Waals surface area contributed by atoms with Crippen molar-refractivity contribution in [2.24, 2.45) is 0 Å². The fourth-order valence-corrected chi connectivity index (χ4v) is 4.35. The number of benzene rings is 4. The number of carbonyl (C=O) groups is 3. The van der Waals surface area contributed by atoms with E-state index in [-0.39, 0.29) is 31.2 Å². The Balaban J connectivity index is 0. The van der Waals surface area contributed by atoms with Crippen LogP contribution in [0.15, 0.2) is 91.0 Å². The standard InChI is InChI=1S/C11H14O.C10H11ClO2.C10H12O2.C10H14.2CH4/c1-8(2)10-4-6-11(7-5-10)9(3)12;1-6(2)7-3-4-9(11)8(5-7)10(12)13;1-7(2)8-4-3-5-9(6-8)10(11)12;1-8(2)10-6-4-9(3)5-7-10;;/h4-8H,1-3H3;3-6H,1-2H3,(H,12,13);3-7H,1-2H3,(H,11,12);4-8H,1-3H3;2*1H4.